The van der Waals surface area contributed by atoms with Crippen molar-refractivity contribution >= 4 is 16.3 Å². The Labute approximate surface area is 159 Å². The van der Waals surface area contributed by atoms with E-state index < -0.39 is 0 Å². The third kappa shape index (κ3) is 3.67. The van der Waals surface area contributed by atoms with Gasteiger partial charge in [0.05, 0.1) is 6.54 Å². The van der Waals surface area contributed by atoms with Crippen LogP contribution in [0.15, 0.2) is 24.3 Å². The van der Waals surface area contributed by atoms with Crippen LogP contribution in [-0.4, -0.2) is 37.8 Å². The minimum atomic E-state index is 0.167. The molecular weight excluding hydrogens is 342 g/mol. The summed E-state index contributed by atoms with van der Waals surface area (Å²) >= 11 is 1.61. The molecular formula is C20H27N5S. The maximum atomic E-state index is 4.81. The zero-order chi connectivity index (χ0) is 18.1. The topological polar surface area (TPSA) is 46.3 Å². The molecule has 26 heavy (non-hydrogen) atoms. The Hall–Kier alpha value is -1.79. The average molecular weight is 370 g/mol. The molecule has 5 nitrogen and oxygen atoms in total. The van der Waals surface area contributed by atoms with Gasteiger partial charge in [-0.25, -0.2) is 0 Å². The highest BCUT2D eigenvalue weighted by Crippen LogP contribution is 2.29. The largest absolute Gasteiger partial charge is 0.296 e. The highest BCUT2D eigenvalue weighted by molar-refractivity contribution is 7.19. The number of hydrogen-bond donors (Lipinski definition) is 0. The fourth-order valence-corrected chi connectivity index (χ4v) is 4.34. The Morgan fingerprint density at radius 1 is 0.962 bits per heavy atom. The van der Waals surface area contributed by atoms with E-state index in [1.54, 1.807) is 11.3 Å². The first-order valence-corrected chi connectivity index (χ1v) is 10.4. The van der Waals surface area contributed by atoms with Gasteiger partial charge in [0.15, 0.2) is 5.82 Å². The van der Waals surface area contributed by atoms with E-state index in [1.165, 1.54) is 31.2 Å². The van der Waals surface area contributed by atoms with Crippen LogP contribution in [0.1, 0.15) is 57.8 Å². The molecule has 1 aromatic carbocycles. The molecule has 3 aromatic rings. The highest BCUT2D eigenvalue weighted by Gasteiger charge is 2.18. The molecule has 1 fully saturated rings. The van der Waals surface area contributed by atoms with Gasteiger partial charge in [0, 0.05) is 5.56 Å². The normalized spacial score (nSPS) is 16.9. The summed E-state index contributed by atoms with van der Waals surface area (Å²) < 4.78 is 1.93. The number of nitrogens with zero attached hydrogens (tertiary/aromatic N) is 5. The van der Waals surface area contributed by atoms with Crippen LogP contribution >= 0.6 is 11.3 Å². The number of rotatable bonds is 3. The van der Waals surface area contributed by atoms with E-state index in [-0.39, 0.29) is 5.41 Å². The fraction of sp³-hybridized carbons (Fsp3) is 0.550. The summed E-state index contributed by atoms with van der Waals surface area (Å²) in [6.07, 6.45) is 5.25. The molecule has 0 atom stereocenters. The summed E-state index contributed by atoms with van der Waals surface area (Å²) in [4.78, 5) is 3.37. The molecule has 2 aromatic heterocycles. The molecule has 0 unspecified atom stereocenters. The maximum absolute atomic E-state index is 4.81. The first-order valence-electron chi connectivity index (χ1n) is 9.55. The second-order valence-corrected chi connectivity index (χ2v) is 9.19. The number of hydrogen-bond acceptors (Lipinski definition) is 5. The van der Waals surface area contributed by atoms with Crippen molar-refractivity contribution in [1.82, 2.24) is 24.7 Å². The van der Waals surface area contributed by atoms with Crippen molar-refractivity contribution in [2.75, 3.05) is 13.1 Å². The van der Waals surface area contributed by atoms with Crippen LogP contribution in [0.25, 0.3) is 15.5 Å². The molecule has 4 rings (SSSR count). The Bertz CT molecular complexity index is 864. The van der Waals surface area contributed by atoms with Crippen molar-refractivity contribution in [2.45, 2.75) is 58.4 Å². The van der Waals surface area contributed by atoms with Crippen LogP contribution in [0.3, 0.4) is 0 Å². The van der Waals surface area contributed by atoms with Gasteiger partial charge >= 0.3 is 0 Å². The molecule has 138 valence electrons. The third-order valence-corrected chi connectivity index (χ3v) is 6.06. The van der Waals surface area contributed by atoms with E-state index in [0.717, 1.165) is 41.0 Å². The van der Waals surface area contributed by atoms with Crippen molar-refractivity contribution in [3.63, 3.8) is 0 Å². The molecule has 0 amide bonds. The summed E-state index contributed by atoms with van der Waals surface area (Å²) in [6, 6.07) is 8.74. The molecule has 0 spiro atoms. The summed E-state index contributed by atoms with van der Waals surface area (Å²) in [5.41, 5.74) is 2.65. The van der Waals surface area contributed by atoms with Crippen LogP contribution in [0, 0.1) is 0 Å². The minimum absolute atomic E-state index is 0.167. The van der Waals surface area contributed by atoms with Crippen molar-refractivity contribution in [3.8, 4) is 10.6 Å². The van der Waals surface area contributed by atoms with E-state index >= 15 is 0 Å². The van der Waals surface area contributed by atoms with Crippen molar-refractivity contribution < 1.29 is 0 Å². The molecule has 1 saturated heterocycles. The number of fused-ring (bicyclic) bond motifs is 1. The molecule has 3 heterocycles. The van der Waals surface area contributed by atoms with Crippen molar-refractivity contribution in [1.29, 1.82) is 0 Å². The molecule has 1 aliphatic rings. The van der Waals surface area contributed by atoms with Gasteiger partial charge in [-0.15, -0.1) is 10.2 Å². The van der Waals surface area contributed by atoms with Gasteiger partial charge in [0.2, 0.25) is 4.96 Å². The summed E-state index contributed by atoms with van der Waals surface area (Å²) in [7, 11) is 0. The second-order valence-electron chi connectivity index (χ2n) is 8.24. The van der Waals surface area contributed by atoms with Crippen LogP contribution in [0.5, 0.6) is 0 Å². The molecule has 0 bridgehead atoms. The number of likely N-dealkylation sites (tertiary alicyclic amines) is 1. The standard InChI is InChI=1S/C20H27N5S/c1-20(2,3)16-10-8-15(9-11-16)18-23-25-17(21-22-19(25)26-18)14-24-12-6-4-5-7-13-24/h8-11H,4-7,12-14H2,1-3H3. The van der Waals surface area contributed by atoms with Gasteiger partial charge < -0.3 is 0 Å². The van der Waals surface area contributed by atoms with Gasteiger partial charge in [-0.2, -0.15) is 9.61 Å². The van der Waals surface area contributed by atoms with E-state index in [0.29, 0.717) is 0 Å². The smallest absolute Gasteiger partial charge is 0.235 e. The Kier molecular flexibility index (Phi) is 4.80. The Balaban J connectivity index is 1.57. The number of benzene rings is 1. The quantitative estimate of drug-likeness (QED) is 0.681. The predicted molar refractivity (Wildman–Crippen MR) is 107 cm³/mol. The van der Waals surface area contributed by atoms with Gasteiger partial charge in [-0.1, -0.05) is 69.2 Å². The monoisotopic (exact) mass is 369 g/mol. The lowest BCUT2D eigenvalue weighted by Crippen LogP contribution is -2.25. The summed E-state index contributed by atoms with van der Waals surface area (Å²) in [6.45, 7) is 9.86. The molecule has 0 radical (unpaired) electrons. The first-order chi connectivity index (χ1) is 12.5. The lowest BCUT2D eigenvalue weighted by Gasteiger charge is -2.18. The average Bonchev–Trinajstić information content (AvgIpc) is 3.08. The second kappa shape index (κ2) is 7.08. The predicted octanol–water partition coefficient (Wildman–Crippen LogP) is 4.53. The van der Waals surface area contributed by atoms with E-state index in [1.807, 2.05) is 4.52 Å². The molecule has 0 N–H and O–H groups in total. The maximum Gasteiger partial charge on any atom is 0.235 e. The zero-order valence-electron chi connectivity index (χ0n) is 15.9. The van der Waals surface area contributed by atoms with Gasteiger partial charge in [-0.05, 0) is 36.9 Å². The van der Waals surface area contributed by atoms with Gasteiger partial charge in [0.25, 0.3) is 0 Å². The van der Waals surface area contributed by atoms with Crippen molar-refractivity contribution in [3.05, 3.63) is 35.7 Å². The fourth-order valence-electron chi connectivity index (χ4n) is 3.48. The van der Waals surface area contributed by atoms with Crippen LogP contribution in [0.2, 0.25) is 0 Å². The van der Waals surface area contributed by atoms with Crippen molar-refractivity contribution in [2.24, 2.45) is 0 Å². The van der Waals surface area contributed by atoms with E-state index in [2.05, 4.69) is 60.1 Å². The van der Waals surface area contributed by atoms with Crippen LogP contribution in [-0.2, 0) is 12.0 Å². The van der Waals surface area contributed by atoms with Gasteiger partial charge in [-0.3, -0.25) is 4.90 Å². The Morgan fingerprint density at radius 2 is 1.65 bits per heavy atom. The highest BCUT2D eigenvalue weighted by atomic mass is 32.1. The SMILES string of the molecule is CC(C)(C)c1ccc(-c2nn3c(CN4CCCCCC4)nnc3s2)cc1. The minimum Gasteiger partial charge on any atom is -0.296 e. The van der Waals surface area contributed by atoms with Gasteiger partial charge in [0.1, 0.15) is 5.01 Å². The van der Waals surface area contributed by atoms with Crippen LogP contribution < -0.4 is 0 Å². The molecule has 6 heteroatoms. The summed E-state index contributed by atoms with van der Waals surface area (Å²) in [5, 5.41) is 14.5. The molecule has 1 aliphatic heterocycles. The van der Waals surface area contributed by atoms with E-state index in [4.69, 9.17) is 5.10 Å². The first kappa shape index (κ1) is 17.6. The third-order valence-electron chi connectivity index (χ3n) is 5.12. The number of aromatic nitrogens is 4. The van der Waals surface area contributed by atoms with Crippen LogP contribution in [0.4, 0.5) is 0 Å². The Morgan fingerprint density at radius 3 is 2.31 bits per heavy atom. The lowest BCUT2D eigenvalue weighted by atomic mass is 9.87. The van der Waals surface area contributed by atoms with E-state index in [9.17, 15) is 0 Å². The summed E-state index contributed by atoms with van der Waals surface area (Å²) in [5.74, 6) is 0.954. The molecule has 0 aliphatic carbocycles. The molecule has 0 saturated carbocycles. The zero-order valence-corrected chi connectivity index (χ0v) is 16.7. The lowest BCUT2D eigenvalue weighted by molar-refractivity contribution is 0.268.